The topological polar surface area (TPSA) is 84.9 Å². The Morgan fingerprint density at radius 1 is 1.46 bits per heavy atom. The monoisotopic (exact) mass is 402 g/mol. The summed E-state index contributed by atoms with van der Waals surface area (Å²) in [5, 5.41) is 0.385. The van der Waals surface area contributed by atoms with E-state index in [0.29, 0.717) is 41.9 Å². The van der Waals surface area contributed by atoms with Gasteiger partial charge in [-0.3, -0.25) is 4.79 Å². The first-order valence-corrected chi connectivity index (χ1v) is 10.7. The summed E-state index contributed by atoms with van der Waals surface area (Å²) in [5.41, 5.74) is 0.411. The highest BCUT2D eigenvalue weighted by atomic mass is 35.5. The normalized spacial score (nSPS) is 25.8. The van der Waals surface area contributed by atoms with Crippen LogP contribution in [-0.4, -0.2) is 64.9 Å². The zero-order valence-corrected chi connectivity index (χ0v) is 16.3. The number of methoxy groups -OCH3 is 1. The minimum Gasteiger partial charge on any atom is -0.497 e. The molecule has 1 aromatic rings. The number of nitrogens with zero attached hydrogens (tertiary/aromatic N) is 1. The van der Waals surface area contributed by atoms with Crippen LogP contribution in [-0.2, 0) is 14.8 Å². The van der Waals surface area contributed by atoms with E-state index in [1.807, 2.05) is 0 Å². The number of halogens is 1. The third kappa shape index (κ3) is 4.31. The van der Waals surface area contributed by atoms with E-state index < -0.39 is 10.0 Å². The van der Waals surface area contributed by atoms with E-state index in [4.69, 9.17) is 21.1 Å². The number of fused-ring (bicyclic) bond motifs is 1. The average molecular weight is 403 g/mol. The van der Waals surface area contributed by atoms with Crippen molar-refractivity contribution in [2.24, 2.45) is 11.8 Å². The van der Waals surface area contributed by atoms with Crippen molar-refractivity contribution < 1.29 is 22.7 Å². The molecule has 1 amide bonds. The summed E-state index contributed by atoms with van der Waals surface area (Å²) >= 11 is 6.20. The average Bonchev–Trinajstić information content (AvgIpc) is 3.01. The second-order valence-electron chi connectivity index (χ2n) is 6.80. The lowest BCUT2D eigenvalue weighted by molar-refractivity contribution is 0.0563. The van der Waals surface area contributed by atoms with Crippen LogP contribution in [0.4, 0.5) is 0 Å². The fourth-order valence-corrected chi connectivity index (χ4v) is 4.29. The predicted octanol–water partition coefficient (Wildman–Crippen LogP) is 1.37. The number of carbonyl (C=O) groups is 1. The van der Waals surface area contributed by atoms with Crippen molar-refractivity contribution in [3.63, 3.8) is 0 Å². The van der Waals surface area contributed by atoms with Crippen molar-refractivity contribution in [1.29, 1.82) is 0 Å². The Labute approximate surface area is 158 Å². The molecule has 0 saturated carbocycles. The third-order valence-electron chi connectivity index (χ3n) is 5.05. The summed E-state index contributed by atoms with van der Waals surface area (Å²) in [6.45, 7) is 1.97. The number of rotatable bonds is 5. The standard InChI is InChI=1S/C17H23ClN2O5S/c1-24-12-3-4-15(18)13(7-12)17(21)20-6-5-11-10-25-16(14(11)9-20)8-19-26(2,22)23/h3-4,7,11,14,16,19H,5-6,8-10H2,1-2H3/t11-,14-,16+/m0/s1. The molecule has 26 heavy (non-hydrogen) atoms. The smallest absolute Gasteiger partial charge is 0.255 e. The van der Waals surface area contributed by atoms with E-state index in [0.717, 1.165) is 12.7 Å². The molecule has 2 fully saturated rings. The van der Waals surface area contributed by atoms with Crippen LogP contribution >= 0.6 is 11.6 Å². The number of ether oxygens (including phenoxy) is 2. The van der Waals surface area contributed by atoms with Crippen LogP contribution in [0.1, 0.15) is 16.8 Å². The van der Waals surface area contributed by atoms with Crippen molar-refractivity contribution >= 4 is 27.5 Å². The van der Waals surface area contributed by atoms with Gasteiger partial charge in [0.25, 0.3) is 5.91 Å². The molecule has 9 heteroatoms. The van der Waals surface area contributed by atoms with Crippen LogP contribution in [0.2, 0.25) is 5.02 Å². The summed E-state index contributed by atoms with van der Waals surface area (Å²) in [7, 11) is -1.74. The molecule has 2 heterocycles. The van der Waals surface area contributed by atoms with E-state index in [1.54, 1.807) is 23.1 Å². The molecule has 2 aliphatic heterocycles. The minimum absolute atomic E-state index is 0.103. The Hall–Kier alpha value is -1.35. The number of amides is 1. The predicted molar refractivity (Wildman–Crippen MR) is 98.1 cm³/mol. The van der Waals surface area contributed by atoms with Crippen LogP contribution in [0.25, 0.3) is 0 Å². The van der Waals surface area contributed by atoms with Crippen LogP contribution in [0.3, 0.4) is 0 Å². The van der Waals surface area contributed by atoms with Gasteiger partial charge in [-0.1, -0.05) is 11.6 Å². The highest BCUT2D eigenvalue weighted by molar-refractivity contribution is 7.88. The molecular formula is C17H23ClN2O5S. The van der Waals surface area contributed by atoms with Crippen LogP contribution in [0.5, 0.6) is 5.75 Å². The SMILES string of the molecule is COc1ccc(Cl)c(C(=O)N2CC[C@H]3CO[C@H](CNS(C)(=O)=O)[C@H]3C2)c1. The lowest BCUT2D eigenvalue weighted by Gasteiger charge is -2.36. The third-order valence-corrected chi connectivity index (χ3v) is 6.07. The second-order valence-corrected chi connectivity index (χ2v) is 9.04. The summed E-state index contributed by atoms with van der Waals surface area (Å²) in [5.74, 6) is 0.874. The molecule has 0 spiro atoms. The van der Waals surface area contributed by atoms with Gasteiger partial charge in [-0.05, 0) is 30.5 Å². The second kappa shape index (κ2) is 7.72. The van der Waals surface area contributed by atoms with Crippen LogP contribution in [0.15, 0.2) is 18.2 Å². The van der Waals surface area contributed by atoms with Crippen molar-refractivity contribution in [3.8, 4) is 5.75 Å². The van der Waals surface area contributed by atoms with E-state index in [9.17, 15) is 13.2 Å². The fourth-order valence-electron chi connectivity index (χ4n) is 3.62. The minimum atomic E-state index is -3.28. The molecular weight excluding hydrogens is 380 g/mol. The summed E-state index contributed by atoms with van der Waals surface area (Å²) in [6.07, 6.45) is 1.72. The number of likely N-dealkylation sites (tertiary alicyclic amines) is 1. The maximum absolute atomic E-state index is 12.9. The van der Waals surface area contributed by atoms with E-state index in [1.165, 1.54) is 7.11 Å². The molecule has 1 aromatic carbocycles. The van der Waals surface area contributed by atoms with Gasteiger partial charge < -0.3 is 14.4 Å². The van der Waals surface area contributed by atoms with Gasteiger partial charge in [0.2, 0.25) is 10.0 Å². The number of nitrogens with one attached hydrogen (secondary N) is 1. The highest BCUT2D eigenvalue weighted by Crippen LogP contribution is 2.35. The van der Waals surface area contributed by atoms with E-state index >= 15 is 0 Å². The van der Waals surface area contributed by atoms with Gasteiger partial charge in [0.15, 0.2) is 0 Å². The molecule has 2 aliphatic rings. The molecule has 7 nitrogen and oxygen atoms in total. The van der Waals surface area contributed by atoms with Gasteiger partial charge >= 0.3 is 0 Å². The Kier molecular flexibility index (Phi) is 5.76. The van der Waals surface area contributed by atoms with Gasteiger partial charge in [-0.2, -0.15) is 0 Å². The largest absolute Gasteiger partial charge is 0.497 e. The van der Waals surface area contributed by atoms with Gasteiger partial charge in [0, 0.05) is 25.6 Å². The lowest BCUT2D eigenvalue weighted by atomic mass is 9.84. The molecule has 144 valence electrons. The summed E-state index contributed by atoms with van der Waals surface area (Å²) < 4.78 is 36.2. The van der Waals surface area contributed by atoms with Crippen molar-refractivity contribution in [1.82, 2.24) is 9.62 Å². The van der Waals surface area contributed by atoms with Gasteiger partial charge in [0.1, 0.15) is 5.75 Å². The van der Waals surface area contributed by atoms with E-state index in [-0.39, 0.29) is 24.5 Å². The number of sulfonamides is 1. The molecule has 0 bridgehead atoms. The Morgan fingerprint density at radius 3 is 2.92 bits per heavy atom. The first-order chi connectivity index (χ1) is 12.3. The van der Waals surface area contributed by atoms with Crippen molar-refractivity contribution in [3.05, 3.63) is 28.8 Å². The summed E-state index contributed by atoms with van der Waals surface area (Å²) in [6, 6.07) is 5.01. The number of hydrogen-bond donors (Lipinski definition) is 1. The fraction of sp³-hybridized carbons (Fsp3) is 0.588. The van der Waals surface area contributed by atoms with E-state index in [2.05, 4.69) is 4.72 Å². The maximum Gasteiger partial charge on any atom is 0.255 e. The van der Waals surface area contributed by atoms with Gasteiger partial charge in [-0.15, -0.1) is 0 Å². The molecule has 3 rings (SSSR count). The first kappa shape index (κ1) is 19.4. The van der Waals surface area contributed by atoms with Crippen LogP contribution in [0, 0.1) is 11.8 Å². The molecule has 0 radical (unpaired) electrons. The van der Waals surface area contributed by atoms with Gasteiger partial charge in [-0.25, -0.2) is 13.1 Å². The first-order valence-electron chi connectivity index (χ1n) is 8.47. The van der Waals surface area contributed by atoms with Crippen LogP contribution < -0.4 is 9.46 Å². The van der Waals surface area contributed by atoms with Gasteiger partial charge in [0.05, 0.1) is 36.7 Å². The molecule has 3 atom stereocenters. The molecule has 0 aromatic heterocycles. The zero-order chi connectivity index (χ0) is 18.9. The number of benzene rings is 1. The Balaban J connectivity index is 1.72. The lowest BCUT2D eigenvalue weighted by Crippen LogP contribution is -2.47. The molecule has 0 aliphatic carbocycles. The molecule has 0 unspecified atom stereocenters. The molecule has 2 saturated heterocycles. The highest BCUT2D eigenvalue weighted by Gasteiger charge is 2.42. The molecule has 1 N–H and O–H groups in total. The van der Waals surface area contributed by atoms with Crippen molar-refractivity contribution in [2.75, 3.05) is 39.6 Å². The zero-order valence-electron chi connectivity index (χ0n) is 14.8. The van der Waals surface area contributed by atoms with Crippen molar-refractivity contribution in [2.45, 2.75) is 12.5 Å². The number of hydrogen-bond acceptors (Lipinski definition) is 5. The Bertz CT molecular complexity index is 785. The number of carbonyl (C=O) groups excluding carboxylic acids is 1. The number of piperidine rings is 1. The Morgan fingerprint density at radius 2 is 2.23 bits per heavy atom. The maximum atomic E-state index is 12.9. The quantitative estimate of drug-likeness (QED) is 0.804. The summed E-state index contributed by atoms with van der Waals surface area (Å²) in [4.78, 5) is 14.7.